The lowest BCUT2D eigenvalue weighted by Gasteiger charge is -2.27. The zero-order valence-corrected chi connectivity index (χ0v) is 15.6. The molecule has 1 aromatic carbocycles. The second kappa shape index (κ2) is 5.55. The molecule has 0 aliphatic carbocycles. The Morgan fingerprint density at radius 3 is 2.89 bits per heavy atom. The number of thiophene rings is 1. The quantitative estimate of drug-likeness (QED) is 0.450. The van der Waals surface area contributed by atoms with Gasteiger partial charge in [0.2, 0.25) is 0 Å². The molecule has 0 unspecified atom stereocenters. The number of nitrogens with zero attached hydrogens (tertiary/aromatic N) is 6. The van der Waals surface area contributed by atoms with Crippen molar-refractivity contribution in [2.24, 2.45) is 0 Å². The van der Waals surface area contributed by atoms with Gasteiger partial charge in [0.25, 0.3) is 0 Å². The summed E-state index contributed by atoms with van der Waals surface area (Å²) in [6.45, 7) is 1.95. The average molecular weight is 372 g/mol. The van der Waals surface area contributed by atoms with Crippen LogP contribution in [0.15, 0.2) is 43.0 Å². The van der Waals surface area contributed by atoms with E-state index in [2.05, 4.69) is 52.5 Å². The van der Waals surface area contributed by atoms with Crippen LogP contribution in [0, 0.1) is 0 Å². The third kappa shape index (κ3) is 2.15. The van der Waals surface area contributed by atoms with Gasteiger partial charge in [-0.1, -0.05) is 30.3 Å². The van der Waals surface area contributed by atoms with E-state index in [1.807, 2.05) is 4.40 Å². The predicted octanol–water partition coefficient (Wildman–Crippen LogP) is 3.54. The fourth-order valence-corrected chi connectivity index (χ4v) is 5.17. The summed E-state index contributed by atoms with van der Waals surface area (Å²) in [6, 6.07) is 10.6. The second-order valence-electron chi connectivity index (χ2n) is 7.03. The molecule has 1 aliphatic rings. The number of fused-ring (bicyclic) bond motifs is 6. The van der Waals surface area contributed by atoms with Gasteiger partial charge in [-0.05, 0) is 18.2 Å². The summed E-state index contributed by atoms with van der Waals surface area (Å²) in [5, 5.41) is 9.48. The smallest absolute Gasteiger partial charge is 0.181 e. The van der Waals surface area contributed by atoms with Crippen molar-refractivity contribution < 1.29 is 0 Å². The van der Waals surface area contributed by atoms with Gasteiger partial charge in [0, 0.05) is 36.2 Å². The van der Waals surface area contributed by atoms with Crippen molar-refractivity contribution in [2.45, 2.75) is 13.0 Å². The monoisotopic (exact) mass is 372 g/mol. The highest BCUT2D eigenvalue weighted by molar-refractivity contribution is 7.26. The number of likely N-dealkylation sites (N-methyl/N-ethyl adjacent to an activating group) is 1. The number of hydrogen-bond acceptors (Lipinski definition) is 6. The van der Waals surface area contributed by atoms with E-state index in [1.54, 1.807) is 24.0 Å². The molecular formula is C20H16N6S. The Morgan fingerprint density at radius 2 is 2.00 bits per heavy atom. The van der Waals surface area contributed by atoms with Crippen molar-refractivity contribution in [3.05, 3.63) is 54.2 Å². The first kappa shape index (κ1) is 15.2. The maximum Gasteiger partial charge on any atom is 0.181 e. The molecule has 6 nitrogen and oxygen atoms in total. The largest absolute Gasteiger partial charge is 0.302 e. The Hall–Kier alpha value is -2.90. The molecule has 0 bridgehead atoms. The molecular weight excluding hydrogens is 356 g/mol. The van der Waals surface area contributed by atoms with Gasteiger partial charge >= 0.3 is 0 Å². The summed E-state index contributed by atoms with van der Waals surface area (Å²) in [4.78, 5) is 13.2. The van der Waals surface area contributed by atoms with Crippen LogP contribution in [0.4, 0.5) is 0 Å². The van der Waals surface area contributed by atoms with E-state index in [1.165, 1.54) is 22.4 Å². The van der Waals surface area contributed by atoms with Crippen LogP contribution in [0.5, 0.6) is 0 Å². The van der Waals surface area contributed by atoms with Gasteiger partial charge in [-0.15, -0.1) is 21.5 Å². The molecule has 0 saturated carbocycles. The van der Waals surface area contributed by atoms with Gasteiger partial charge in [-0.25, -0.2) is 9.97 Å². The SMILES string of the molecule is CN1CCc2nc3sc4c(ncn5cnnc45)c3c(-c3ccccc3)c2C1. The Bertz CT molecular complexity index is 1320. The molecule has 1 aliphatic heterocycles. The number of rotatable bonds is 1. The summed E-state index contributed by atoms with van der Waals surface area (Å²) in [5.74, 6) is 0. The molecule has 27 heavy (non-hydrogen) atoms. The Kier molecular flexibility index (Phi) is 3.12. The van der Waals surface area contributed by atoms with Crippen molar-refractivity contribution in [1.82, 2.24) is 29.5 Å². The zero-order valence-electron chi connectivity index (χ0n) is 14.8. The molecule has 0 atom stereocenters. The third-order valence-electron chi connectivity index (χ3n) is 5.31. The minimum Gasteiger partial charge on any atom is -0.302 e. The first-order chi connectivity index (χ1) is 13.3. The van der Waals surface area contributed by atoms with Crippen LogP contribution in [0.3, 0.4) is 0 Å². The van der Waals surface area contributed by atoms with Crippen LogP contribution in [-0.4, -0.2) is 43.1 Å². The summed E-state index contributed by atoms with van der Waals surface area (Å²) < 4.78 is 2.92. The molecule has 0 radical (unpaired) electrons. The van der Waals surface area contributed by atoms with E-state index in [-0.39, 0.29) is 0 Å². The van der Waals surface area contributed by atoms with Crippen molar-refractivity contribution in [1.29, 1.82) is 0 Å². The highest BCUT2D eigenvalue weighted by Crippen LogP contribution is 2.42. The lowest BCUT2D eigenvalue weighted by molar-refractivity contribution is 0.311. The Labute approximate surface area is 159 Å². The summed E-state index contributed by atoms with van der Waals surface area (Å²) in [5.41, 5.74) is 6.84. The standard InChI is InChI=1S/C20H16N6S/c1-25-8-7-14-13(9-25)15(12-5-3-2-4-6-12)16-17-18(27-20(16)23-14)19-24-22-11-26(19)10-21-17/h2-6,10-11H,7-9H2,1H3. The number of aromatic nitrogens is 5. The highest BCUT2D eigenvalue weighted by atomic mass is 32.1. The fraction of sp³-hybridized carbons (Fsp3) is 0.200. The average Bonchev–Trinajstić information content (AvgIpc) is 3.31. The van der Waals surface area contributed by atoms with Gasteiger partial charge in [-0.3, -0.25) is 4.40 Å². The Morgan fingerprint density at radius 1 is 1.11 bits per heavy atom. The molecule has 6 rings (SSSR count). The van der Waals surface area contributed by atoms with Crippen molar-refractivity contribution >= 4 is 37.4 Å². The molecule has 7 heteroatoms. The maximum atomic E-state index is 5.06. The number of benzene rings is 1. The van der Waals surface area contributed by atoms with E-state index in [0.29, 0.717) is 0 Å². The summed E-state index contributed by atoms with van der Waals surface area (Å²) >= 11 is 1.67. The summed E-state index contributed by atoms with van der Waals surface area (Å²) in [7, 11) is 2.17. The van der Waals surface area contributed by atoms with Gasteiger partial charge in [-0.2, -0.15) is 0 Å². The first-order valence-electron chi connectivity index (χ1n) is 8.96. The predicted molar refractivity (Wildman–Crippen MR) is 107 cm³/mol. The van der Waals surface area contributed by atoms with Gasteiger partial charge in [0.1, 0.15) is 22.2 Å². The van der Waals surface area contributed by atoms with Gasteiger partial charge < -0.3 is 4.90 Å². The topological polar surface area (TPSA) is 59.2 Å². The molecule has 5 aromatic rings. The minimum atomic E-state index is 0.845. The van der Waals surface area contributed by atoms with E-state index in [0.717, 1.165) is 45.6 Å². The minimum absolute atomic E-state index is 0.845. The maximum absolute atomic E-state index is 5.06. The number of hydrogen-bond donors (Lipinski definition) is 0. The van der Waals surface area contributed by atoms with E-state index >= 15 is 0 Å². The van der Waals surface area contributed by atoms with Crippen molar-refractivity contribution in [2.75, 3.05) is 13.6 Å². The van der Waals surface area contributed by atoms with Crippen LogP contribution in [0.1, 0.15) is 11.3 Å². The molecule has 4 aromatic heterocycles. The van der Waals surface area contributed by atoms with Crippen LogP contribution < -0.4 is 0 Å². The highest BCUT2D eigenvalue weighted by Gasteiger charge is 2.25. The Balaban J connectivity index is 1.82. The van der Waals surface area contributed by atoms with E-state index in [4.69, 9.17) is 9.97 Å². The third-order valence-corrected chi connectivity index (χ3v) is 6.38. The van der Waals surface area contributed by atoms with Crippen LogP contribution in [-0.2, 0) is 13.0 Å². The van der Waals surface area contributed by atoms with Crippen LogP contribution in [0.2, 0.25) is 0 Å². The van der Waals surface area contributed by atoms with Crippen LogP contribution in [0.25, 0.3) is 37.2 Å². The fourth-order valence-electron chi connectivity index (χ4n) is 4.03. The van der Waals surface area contributed by atoms with Crippen molar-refractivity contribution in [3.63, 3.8) is 0 Å². The lowest BCUT2D eigenvalue weighted by atomic mass is 9.92. The van der Waals surface area contributed by atoms with Crippen LogP contribution >= 0.6 is 11.3 Å². The molecule has 5 heterocycles. The van der Waals surface area contributed by atoms with Gasteiger partial charge in [0.05, 0.1) is 5.52 Å². The summed E-state index contributed by atoms with van der Waals surface area (Å²) in [6.07, 6.45) is 4.46. The number of pyridine rings is 1. The molecule has 0 fully saturated rings. The van der Waals surface area contributed by atoms with Crippen molar-refractivity contribution in [3.8, 4) is 11.1 Å². The molecule has 0 N–H and O–H groups in total. The lowest BCUT2D eigenvalue weighted by Crippen LogP contribution is -2.27. The van der Waals surface area contributed by atoms with E-state index < -0.39 is 0 Å². The van der Waals surface area contributed by atoms with E-state index in [9.17, 15) is 0 Å². The second-order valence-corrected chi connectivity index (χ2v) is 8.03. The normalized spacial score (nSPS) is 15.0. The first-order valence-corrected chi connectivity index (χ1v) is 9.77. The molecule has 132 valence electrons. The van der Waals surface area contributed by atoms with Gasteiger partial charge in [0.15, 0.2) is 5.65 Å². The molecule has 0 saturated heterocycles. The molecule has 0 amide bonds. The molecule has 0 spiro atoms. The zero-order chi connectivity index (χ0) is 18.0.